The van der Waals surface area contributed by atoms with E-state index in [9.17, 15) is 9.59 Å². The van der Waals surface area contributed by atoms with Crippen LogP contribution in [0.25, 0.3) is 0 Å². The van der Waals surface area contributed by atoms with Crippen molar-refractivity contribution in [1.82, 2.24) is 0 Å². The van der Waals surface area contributed by atoms with Gasteiger partial charge in [-0.15, -0.1) is 0 Å². The maximum atomic E-state index is 10.9. The molecule has 0 aliphatic rings. The van der Waals surface area contributed by atoms with Crippen LogP contribution in [0, 0.1) is 0 Å². The second-order valence-corrected chi connectivity index (χ2v) is 2.84. The Balaban J connectivity index is 3.04. The van der Waals surface area contributed by atoms with Gasteiger partial charge in [-0.3, -0.25) is 9.59 Å². The van der Waals surface area contributed by atoms with E-state index in [2.05, 4.69) is 0 Å². The predicted molar refractivity (Wildman–Crippen MR) is 52.7 cm³/mol. The quantitative estimate of drug-likeness (QED) is 0.562. The molecule has 15 heavy (non-hydrogen) atoms. The third-order valence-electron chi connectivity index (χ3n) is 1.48. The number of hydrogen-bond donors (Lipinski definition) is 0. The first kappa shape index (κ1) is 9.71. The molecule has 0 saturated carbocycles. The first-order valence-corrected chi connectivity index (χ1v) is 4.39. The Morgan fingerprint density at radius 2 is 1.60 bits per heavy atom. The van der Waals surface area contributed by atoms with E-state index in [0.717, 1.165) is 13.8 Å². The summed E-state index contributed by atoms with van der Waals surface area (Å²) in [5.74, 6) is -1.39. The summed E-state index contributed by atoms with van der Waals surface area (Å²) >= 11 is 0. The summed E-state index contributed by atoms with van der Waals surface area (Å²) in [7, 11) is 0. The highest BCUT2D eigenvalue weighted by Gasteiger charge is 2.16. The third-order valence-corrected chi connectivity index (χ3v) is 1.48. The Morgan fingerprint density at radius 1 is 1.13 bits per heavy atom. The van der Waals surface area contributed by atoms with Crippen molar-refractivity contribution < 1.29 is 20.4 Å². The molecule has 0 saturated heterocycles. The van der Waals surface area contributed by atoms with Crippen molar-refractivity contribution in [2.75, 3.05) is 0 Å². The van der Waals surface area contributed by atoms with E-state index in [1.54, 1.807) is 30.3 Å². The van der Waals surface area contributed by atoms with Crippen LogP contribution in [0.1, 0.15) is 27.0 Å². The summed E-state index contributed by atoms with van der Waals surface area (Å²) in [6.45, 7) is 2.30. The topological polar surface area (TPSA) is 52.6 Å². The number of carbonyl (C=O) groups is 2. The molecule has 0 amide bonds. The molecule has 0 fully saturated rings. The molecule has 0 aliphatic heterocycles. The molecule has 0 aromatic heterocycles. The molecule has 80 valence electrons. The van der Waals surface area contributed by atoms with Crippen molar-refractivity contribution in [2.45, 2.75) is 20.1 Å². The SMILES string of the molecule is [2H]C(OC(C)=O)(OC(C)=O)c1ccccc1. The van der Waals surface area contributed by atoms with Crippen LogP contribution in [0.3, 0.4) is 0 Å². The van der Waals surface area contributed by atoms with Crippen molar-refractivity contribution in [3.63, 3.8) is 0 Å². The molecule has 0 bridgehead atoms. The lowest BCUT2D eigenvalue weighted by Gasteiger charge is -2.16. The predicted octanol–water partition coefficient (Wildman–Crippen LogP) is 1.81. The highest BCUT2D eigenvalue weighted by molar-refractivity contribution is 5.68. The molecule has 0 heterocycles. The Labute approximate surface area is 89.2 Å². The van der Waals surface area contributed by atoms with Gasteiger partial charge in [0.25, 0.3) is 6.27 Å². The molecule has 4 nitrogen and oxygen atoms in total. The van der Waals surface area contributed by atoms with Gasteiger partial charge in [-0.05, 0) is 0 Å². The molecule has 0 radical (unpaired) electrons. The minimum Gasteiger partial charge on any atom is -0.421 e. The average Bonchev–Trinajstić information content (AvgIpc) is 2.16. The van der Waals surface area contributed by atoms with Gasteiger partial charge in [0, 0.05) is 19.4 Å². The average molecular weight is 209 g/mol. The molecular formula is C11H12O4. The number of rotatable bonds is 3. The Hall–Kier alpha value is -1.84. The molecule has 1 rings (SSSR count). The van der Waals surface area contributed by atoms with E-state index in [-0.39, 0.29) is 5.56 Å². The summed E-state index contributed by atoms with van der Waals surface area (Å²) in [4.78, 5) is 21.8. The molecule has 0 unspecified atom stereocenters. The molecule has 0 atom stereocenters. The first-order valence-electron chi connectivity index (χ1n) is 4.89. The molecule has 1 aromatic carbocycles. The van der Waals surface area contributed by atoms with E-state index < -0.39 is 18.2 Å². The molecule has 0 aliphatic carbocycles. The Kier molecular flexibility index (Phi) is 3.33. The minimum atomic E-state index is -2.11. The van der Waals surface area contributed by atoms with E-state index in [1.165, 1.54) is 0 Å². The zero-order valence-electron chi connectivity index (χ0n) is 9.52. The number of esters is 2. The molecule has 0 spiro atoms. The van der Waals surface area contributed by atoms with Crippen molar-refractivity contribution in [3.05, 3.63) is 35.9 Å². The van der Waals surface area contributed by atoms with E-state index in [0.29, 0.717) is 0 Å². The maximum Gasteiger partial charge on any atom is 0.305 e. The summed E-state index contributed by atoms with van der Waals surface area (Å²) in [6, 6.07) is 8.14. The summed E-state index contributed by atoms with van der Waals surface area (Å²) in [5.41, 5.74) is 0.278. The first-order chi connectivity index (χ1) is 7.44. The second-order valence-electron chi connectivity index (χ2n) is 2.84. The largest absolute Gasteiger partial charge is 0.421 e. The highest BCUT2D eigenvalue weighted by atomic mass is 16.7. The van der Waals surface area contributed by atoms with Gasteiger partial charge in [-0.1, -0.05) is 30.3 Å². The lowest BCUT2D eigenvalue weighted by Crippen LogP contribution is -2.14. The number of benzene rings is 1. The van der Waals surface area contributed by atoms with E-state index in [1.807, 2.05) is 0 Å². The van der Waals surface area contributed by atoms with Crippen LogP contribution in [-0.4, -0.2) is 11.9 Å². The summed E-state index contributed by atoms with van der Waals surface area (Å²) in [6.07, 6.45) is -2.11. The van der Waals surface area contributed by atoms with Gasteiger partial charge in [0.2, 0.25) is 0 Å². The maximum absolute atomic E-state index is 10.9. The van der Waals surface area contributed by atoms with Crippen LogP contribution in [0.5, 0.6) is 0 Å². The van der Waals surface area contributed by atoms with Gasteiger partial charge in [0.1, 0.15) is 1.37 Å². The fraction of sp³-hybridized carbons (Fsp3) is 0.273. The Bertz CT molecular complexity index is 372. The standard InChI is InChI=1S/C11H12O4/c1-8(12)14-11(15-9(2)13)10-6-4-3-5-7-10/h3-7,11H,1-2H3/i11D. The second kappa shape index (κ2) is 5.14. The zero-order valence-corrected chi connectivity index (χ0v) is 8.52. The van der Waals surface area contributed by atoms with Crippen LogP contribution in [0.4, 0.5) is 0 Å². The highest BCUT2D eigenvalue weighted by Crippen LogP contribution is 2.18. The minimum absolute atomic E-state index is 0.278. The monoisotopic (exact) mass is 209 g/mol. The normalized spacial score (nSPS) is 11.5. The fourth-order valence-electron chi connectivity index (χ4n) is 0.974. The smallest absolute Gasteiger partial charge is 0.305 e. The van der Waals surface area contributed by atoms with E-state index in [4.69, 9.17) is 10.8 Å². The number of hydrogen-bond acceptors (Lipinski definition) is 4. The molecule has 0 N–H and O–H groups in total. The van der Waals surface area contributed by atoms with Gasteiger partial charge >= 0.3 is 11.9 Å². The van der Waals surface area contributed by atoms with Crippen molar-refractivity contribution in [2.24, 2.45) is 0 Å². The van der Waals surface area contributed by atoms with Crippen LogP contribution in [0.2, 0.25) is 0 Å². The van der Waals surface area contributed by atoms with Gasteiger partial charge in [0.15, 0.2) is 0 Å². The Morgan fingerprint density at radius 3 is 2.00 bits per heavy atom. The lowest BCUT2D eigenvalue weighted by atomic mass is 10.2. The molecule has 4 heteroatoms. The fourth-order valence-corrected chi connectivity index (χ4v) is 0.974. The zero-order chi connectivity index (χ0) is 12.2. The van der Waals surface area contributed by atoms with Crippen LogP contribution in [0.15, 0.2) is 30.3 Å². The lowest BCUT2D eigenvalue weighted by molar-refractivity contribution is -0.186. The van der Waals surface area contributed by atoms with E-state index >= 15 is 0 Å². The third kappa shape index (κ3) is 3.81. The van der Waals surface area contributed by atoms with Crippen LogP contribution in [-0.2, 0) is 19.1 Å². The number of carbonyl (C=O) groups excluding carboxylic acids is 2. The number of ether oxygens (including phenoxy) is 2. The molecule has 1 aromatic rings. The van der Waals surface area contributed by atoms with Gasteiger partial charge in [-0.2, -0.15) is 0 Å². The summed E-state index contributed by atoms with van der Waals surface area (Å²) in [5, 5.41) is 0. The summed E-state index contributed by atoms with van der Waals surface area (Å²) < 4.78 is 17.3. The van der Waals surface area contributed by atoms with Gasteiger partial charge in [-0.25, -0.2) is 0 Å². The van der Waals surface area contributed by atoms with Crippen LogP contribution < -0.4 is 0 Å². The molecular weight excluding hydrogens is 196 g/mol. The van der Waals surface area contributed by atoms with Gasteiger partial charge in [0.05, 0.1) is 0 Å². The van der Waals surface area contributed by atoms with Gasteiger partial charge < -0.3 is 9.47 Å². The van der Waals surface area contributed by atoms with Crippen LogP contribution >= 0.6 is 0 Å². The van der Waals surface area contributed by atoms with Crippen molar-refractivity contribution in [1.29, 1.82) is 0 Å². The van der Waals surface area contributed by atoms with Crippen molar-refractivity contribution >= 4 is 11.9 Å². The van der Waals surface area contributed by atoms with Crippen molar-refractivity contribution in [3.8, 4) is 0 Å².